The lowest BCUT2D eigenvalue weighted by Crippen LogP contribution is -2.35. The summed E-state index contributed by atoms with van der Waals surface area (Å²) in [5.74, 6) is 1.64. The van der Waals surface area contributed by atoms with Crippen LogP contribution >= 0.6 is 11.3 Å². The van der Waals surface area contributed by atoms with E-state index in [0.717, 1.165) is 25.3 Å². The number of fused-ring (bicyclic) bond motifs is 2. The van der Waals surface area contributed by atoms with Crippen LogP contribution < -0.4 is 4.57 Å². The molecule has 1 aromatic carbocycles. The van der Waals surface area contributed by atoms with Gasteiger partial charge < -0.3 is 4.74 Å². The molecule has 2 fully saturated rings. The molecule has 0 saturated heterocycles. The number of carbonyl (C=O) groups is 1. The van der Waals surface area contributed by atoms with Crippen molar-refractivity contribution in [3.05, 3.63) is 52.0 Å². The van der Waals surface area contributed by atoms with E-state index in [1.807, 2.05) is 6.07 Å². The molecule has 2 aliphatic rings. The van der Waals surface area contributed by atoms with E-state index in [0.29, 0.717) is 12.5 Å². The monoisotopic (exact) mass is 356 g/mol. The van der Waals surface area contributed by atoms with E-state index in [-0.39, 0.29) is 11.9 Å². The van der Waals surface area contributed by atoms with Crippen LogP contribution in [-0.2, 0) is 22.5 Å². The van der Waals surface area contributed by atoms with E-state index in [9.17, 15) is 4.79 Å². The fourth-order valence-electron chi connectivity index (χ4n) is 4.51. The minimum atomic E-state index is 0.0542. The summed E-state index contributed by atoms with van der Waals surface area (Å²) in [7, 11) is 0. The van der Waals surface area contributed by atoms with Crippen molar-refractivity contribution in [2.24, 2.45) is 17.8 Å². The molecule has 25 heavy (non-hydrogen) atoms. The Morgan fingerprint density at radius 3 is 2.80 bits per heavy atom. The largest absolute Gasteiger partial charge is 0.465 e. The molecule has 0 radical (unpaired) electrons. The van der Waals surface area contributed by atoms with Crippen LogP contribution in [0.1, 0.15) is 41.8 Å². The maximum Gasteiger partial charge on any atom is 0.309 e. The number of hydrogen-bond acceptors (Lipinski definition) is 3. The zero-order valence-electron chi connectivity index (χ0n) is 14.8. The zero-order chi connectivity index (χ0) is 17.2. The lowest BCUT2D eigenvalue weighted by atomic mass is 9.89. The standard InChI is InChI=1S/C21H26NO2S/c1-15-20(25-14-22(15)13-16-5-3-2-4-6-16)9-10-24-21(23)19-12-17-7-8-18(19)11-17/h2-6,14,17-19H,7-13H2,1H3/q+1/t17-,18-,19-/m1/s1. The van der Waals surface area contributed by atoms with Gasteiger partial charge in [0.05, 0.1) is 17.4 Å². The van der Waals surface area contributed by atoms with Gasteiger partial charge in [-0.15, -0.1) is 0 Å². The van der Waals surface area contributed by atoms with Crippen LogP contribution in [0, 0.1) is 24.7 Å². The van der Waals surface area contributed by atoms with Gasteiger partial charge in [0.2, 0.25) is 5.51 Å². The van der Waals surface area contributed by atoms with Crippen LogP contribution in [0.2, 0.25) is 0 Å². The maximum atomic E-state index is 12.3. The van der Waals surface area contributed by atoms with E-state index in [1.54, 1.807) is 11.3 Å². The highest BCUT2D eigenvalue weighted by Crippen LogP contribution is 2.48. The maximum absolute atomic E-state index is 12.3. The van der Waals surface area contributed by atoms with Crippen LogP contribution in [-0.4, -0.2) is 12.6 Å². The number of nitrogens with zero attached hydrogens (tertiary/aromatic N) is 1. The molecule has 2 bridgehead atoms. The average Bonchev–Trinajstić information content (AvgIpc) is 3.34. The highest BCUT2D eigenvalue weighted by atomic mass is 32.1. The fraction of sp³-hybridized carbons (Fsp3) is 0.524. The number of carbonyl (C=O) groups excluding carboxylic acids is 1. The summed E-state index contributed by atoms with van der Waals surface area (Å²) < 4.78 is 7.91. The first-order valence-corrected chi connectivity index (χ1v) is 10.3. The van der Waals surface area contributed by atoms with Crippen LogP contribution in [0.5, 0.6) is 0 Å². The number of rotatable bonds is 6. The molecule has 1 heterocycles. The fourth-order valence-corrected chi connectivity index (χ4v) is 5.49. The summed E-state index contributed by atoms with van der Waals surface area (Å²) in [5.41, 5.74) is 4.77. The third-order valence-corrected chi connectivity index (χ3v) is 7.11. The van der Waals surface area contributed by atoms with Gasteiger partial charge in [-0.1, -0.05) is 48.1 Å². The number of hydrogen-bond donors (Lipinski definition) is 0. The summed E-state index contributed by atoms with van der Waals surface area (Å²) in [6.07, 6.45) is 5.70. The topological polar surface area (TPSA) is 30.2 Å². The molecule has 2 aliphatic carbocycles. The van der Waals surface area contributed by atoms with Gasteiger partial charge >= 0.3 is 5.97 Å². The summed E-state index contributed by atoms with van der Waals surface area (Å²) in [5, 5.41) is 0. The van der Waals surface area contributed by atoms with Crippen molar-refractivity contribution in [3.63, 3.8) is 0 Å². The summed E-state index contributed by atoms with van der Waals surface area (Å²) >= 11 is 1.76. The lowest BCUT2D eigenvalue weighted by molar-refractivity contribution is -0.689. The Labute approximate surface area is 153 Å². The van der Waals surface area contributed by atoms with Gasteiger partial charge in [-0.25, -0.2) is 0 Å². The quantitative estimate of drug-likeness (QED) is 0.580. The van der Waals surface area contributed by atoms with Crippen molar-refractivity contribution in [1.82, 2.24) is 0 Å². The van der Waals surface area contributed by atoms with Gasteiger partial charge in [0, 0.05) is 18.9 Å². The zero-order valence-corrected chi connectivity index (χ0v) is 15.6. The van der Waals surface area contributed by atoms with Gasteiger partial charge in [-0.2, -0.15) is 4.57 Å². The van der Waals surface area contributed by atoms with Gasteiger partial charge in [-0.3, -0.25) is 4.79 Å². The van der Waals surface area contributed by atoms with Crippen molar-refractivity contribution >= 4 is 17.3 Å². The number of aromatic nitrogens is 1. The number of benzene rings is 1. The highest BCUT2D eigenvalue weighted by molar-refractivity contribution is 7.09. The van der Waals surface area contributed by atoms with E-state index in [2.05, 4.69) is 41.3 Å². The third kappa shape index (κ3) is 3.64. The van der Waals surface area contributed by atoms with Crippen molar-refractivity contribution in [3.8, 4) is 0 Å². The predicted octanol–water partition coefficient (Wildman–Crippen LogP) is 3.91. The molecule has 3 atom stereocenters. The molecule has 2 aromatic rings. The Morgan fingerprint density at radius 1 is 1.24 bits per heavy atom. The second-order valence-electron chi connectivity index (χ2n) is 7.54. The van der Waals surface area contributed by atoms with Crippen molar-refractivity contribution < 1.29 is 14.1 Å². The predicted molar refractivity (Wildman–Crippen MR) is 98.4 cm³/mol. The van der Waals surface area contributed by atoms with Gasteiger partial charge in [0.1, 0.15) is 0 Å². The van der Waals surface area contributed by atoms with Crippen LogP contribution in [0.15, 0.2) is 35.8 Å². The molecular formula is C21H26NO2S+. The minimum absolute atomic E-state index is 0.0542. The molecule has 0 unspecified atom stereocenters. The number of thiazole rings is 1. The normalized spacial score (nSPS) is 24.6. The Hall–Kier alpha value is -1.68. The number of esters is 1. The molecule has 1 aromatic heterocycles. The van der Waals surface area contributed by atoms with Crippen LogP contribution in [0.4, 0.5) is 0 Å². The van der Waals surface area contributed by atoms with Crippen LogP contribution in [0.3, 0.4) is 0 Å². The summed E-state index contributed by atoms with van der Waals surface area (Å²) in [6, 6.07) is 10.5. The molecule has 4 rings (SSSR count). The Bertz CT molecular complexity index is 740. The van der Waals surface area contributed by atoms with E-state index in [4.69, 9.17) is 4.74 Å². The summed E-state index contributed by atoms with van der Waals surface area (Å²) in [4.78, 5) is 13.6. The first-order valence-electron chi connectivity index (χ1n) is 9.37. The highest BCUT2D eigenvalue weighted by Gasteiger charge is 2.43. The van der Waals surface area contributed by atoms with E-state index in [1.165, 1.54) is 35.4 Å². The molecule has 3 nitrogen and oxygen atoms in total. The van der Waals surface area contributed by atoms with Crippen LogP contribution in [0.25, 0.3) is 0 Å². The van der Waals surface area contributed by atoms with Gasteiger partial charge in [-0.05, 0) is 31.1 Å². The van der Waals surface area contributed by atoms with Crippen molar-refractivity contribution in [1.29, 1.82) is 0 Å². The SMILES string of the molecule is Cc1c(CCOC(=O)[C@@H]2C[C@@H]3CC[C@@H]2C3)sc[n+]1Cc1ccccc1. The second kappa shape index (κ2) is 7.28. The molecule has 0 spiro atoms. The first-order chi connectivity index (χ1) is 12.2. The van der Waals surface area contributed by atoms with Gasteiger partial charge in [0.25, 0.3) is 0 Å². The Morgan fingerprint density at radius 2 is 2.08 bits per heavy atom. The second-order valence-corrected chi connectivity index (χ2v) is 8.48. The van der Waals surface area contributed by atoms with E-state index >= 15 is 0 Å². The molecule has 4 heteroatoms. The molecule has 0 N–H and O–H groups in total. The molecular weight excluding hydrogens is 330 g/mol. The lowest BCUT2D eigenvalue weighted by Gasteiger charge is -2.19. The number of ether oxygens (including phenoxy) is 1. The minimum Gasteiger partial charge on any atom is -0.465 e. The van der Waals surface area contributed by atoms with Gasteiger partial charge in [0.15, 0.2) is 12.2 Å². The Kier molecular flexibility index (Phi) is 4.89. The first kappa shape index (κ1) is 16.8. The molecule has 0 amide bonds. The molecule has 2 saturated carbocycles. The summed E-state index contributed by atoms with van der Waals surface area (Å²) in [6.45, 7) is 3.57. The molecule has 132 valence electrons. The van der Waals surface area contributed by atoms with Crippen molar-refractivity contribution in [2.75, 3.05) is 6.61 Å². The Balaban J connectivity index is 1.29. The molecule has 0 aliphatic heterocycles. The smallest absolute Gasteiger partial charge is 0.309 e. The third-order valence-electron chi connectivity index (χ3n) is 5.97. The van der Waals surface area contributed by atoms with E-state index < -0.39 is 0 Å². The average molecular weight is 357 g/mol. The van der Waals surface area contributed by atoms with Crippen molar-refractivity contribution in [2.45, 2.75) is 45.6 Å².